The number of furan rings is 1. The van der Waals surface area contributed by atoms with E-state index in [0.717, 1.165) is 73.1 Å². The van der Waals surface area contributed by atoms with Crippen molar-refractivity contribution in [3.05, 3.63) is 191 Å². The molecule has 1 atom stereocenters. The lowest BCUT2D eigenvalue weighted by atomic mass is 9.93. The molecule has 0 bridgehead atoms. The van der Waals surface area contributed by atoms with Gasteiger partial charge in [0.2, 0.25) is 0 Å². The van der Waals surface area contributed by atoms with E-state index >= 15 is 0 Å². The van der Waals surface area contributed by atoms with E-state index < -0.39 is 0 Å². The molecule has 2 aromatic heterocycles. The first-order valence-corrected chi connectivity index (χ1v) is 22.1. The van der Waals surface area contributed by atoms with Crippen LogP contribution in [0.2, 0.25) is 0 Å². The van der Waals surface area contributed by atoms with Crippen LogP contribution < -0.4 is 4.90 Å². The largest absolute Gasteiger partial charge is 0.454 e. The Morgan fingerprint density at radius 1 is 0.881 bits per heavy atom. The fourth-order valence-corrected chi connectivity index (χ4v) is 9.07. The molecule has 8 rings (SSSR count). The van der Waals surface area contributed by atoms with Crippen molar-refractivity contribution in [2.45, 2.75) is 106 Å². The normalized spacial score (nSPS) is 17.4. The number of nitrogens with zero attached hydrogens (tertiary/aromatic N) is 2. The van der Waals surface area contributed by atoms with Gasteiger partial charge in [0.15, 0.2) is 5.58 Å². The summed E-state index contributed by atoms with van der Waals surface area (Å²) in [5.41, 5.74) is 17.6. The minimum Gasteiger partial charge on any atom is -0.454 e. The Balaban J connectivity index is 0.00000142. The Hall–Kier alpha value is -5.80. The summed E-state index contributed by atoms with van der Waals surface area (Å²) in [6.45, 7) is 26.7. The van der Waals surface area contributed by atoms with Crippen LogP contribution in [0.25, 0.3) is 39.7 Å². The highest BCUT2D eigenvalue weighted by atomic mass is 16.3. The van der Waals surface area contributed by atoms with Gasteiger partial charge >= 0.3 is 0 Å². The molecule has 0 N–H and O–H groups in total. The Kier molecular flexibility index (Phi) is 14.3. The fraction of sp³-hybridized carbons (Fsp3) is 0.286. The molecule has 0 saturated carbocycles. The highest BCUT2D eigenvalue weighted by Crippen LogP contribution is 2.42. The van der Waals surface area contributed by atoms with Gasteiger partial charge in [-0.05, 0) is 123 Å². The fourth-order valence-electron chi connectivity index (χ4n) is 9.07. The number of anilines is 1. The number of rotatable bonds is 12. The zero-order valence-corrected chi connectivity index (χ0v) is 36.7. The second-order valence-corrected chi connectivity index (χ2v) is 14.9. The van der Waals surface area contributed by atoms with Crippen LogP contribution >= 0.6 is 0 Å². The lowest BCUT2D eigenvalue weighted by Gasteiger charge is -2.34. The summed E-state index contributed by atoms with van der Waals surface area (Å²) in [6, 6.07) is 13.9. The second kappa shape index (κ2) is 19.8. The maximum absolute atomic E-state index is 6.61. The topological polar surface area (TPSA) is 21.3 Å². The van der Waals surface area contributed by atoms with Gasteiger partial charge in [0.1, 0.15) is 5.76 Å². The Morgan fingerprint density at radius 3 is 2.29 bits per heavy atom. The van der Waals surface area contributed by atoms with Crippen LogP contribution in [0.4, 0.5) is 5.69 Å². The van der Waals surface area contributed by atoms with Crippen molar-refractivity contribution in [2.75, 3.05) is 4.90 Å². The Morgan fingerprint density at radius 2 is 1.63 bits per heavy atom. The number of benzene rings is 2. The lowest BCUT2D eigenvalue weighted by Crippen LogP contribution is -2.33. The third-order valence-corrected chi connectivity index (χ3v) is 11.8. The van der Waals surface area contributed by atoms with Crippen molar-refractivity contribution in [3.8, 4) is 5.69 Å². The first-order valence-electron chi connectivity index (χ1n) is 22.1. The zero-order valence-electron chi connectivity index (χ0n) is 36.7. The lowest BCUT2D eigenvalue weighted by molar-refractivity contribution is 0.601. The highest BCUT2D eigenvalue weighted by Gasteiger charge is 2.26. The predicted molar refractivity (Wildman–Crippen MR) is 259 cm³/mol. The highest BCUT2D eigenvalue weighted by molar-refractivity contribution is 6.09. The average molecular weight is 781 g/mol. The van der Waals surface area contributed by atoms with Gasteiger partial charge in [-0.25, -0.2) is 0 Å². The summed E-state index contributed by atoms with van der Waals surface area (Å²) in [4.78, 5) is 2.50. The van der Waals surface area contributed by atoms with Crippen LogP contribution in [0.1, 0.15) is 110 Å². The molecule has 0 radical (unpaired) electrons. The molecule has 4 aliphatic rings. The van der Waals surface area contributed by atoms with Crippen LogP contribution in [-0.2, 0) is 12.8 Å². The molecule has 2 heterocycles. The molecule has 304 valence electrons. The first kappa shape index (κ1) is 42.8. The minimum atomic E-state index is 0.175. The van der Waals surface area contributed by atoms with Gasteiger partial charge in [0, 0.05) is 44.7 Å². The molecule has 4 aromatic rings. The van der Waals surface area contributed by atoms with Crippen LogP contribution in [0.5, 0.6) is 0 Å². The molecule has 0 amide bonds. The van der Waals surface area contributed by atoms with E-state index in [9.17, 15) is 0 Å². The van der Waals surface area contributed by atoms with E-state index in [1.54, 1.807) is 5.57 Å². The van der Waals surface area contributed by atoms with Gasteiger partial charge in [0.05, 0.1) is 11.6 Å². The van der Waals surface area contributed by atoms with Crippen molar-refractivity contribution in [2.24, 2.45) is 0 Å². The molecule has 0 fully saturated rings. The molecular formula is C56H64N2O. The monoisotopic (exact) mass is 781 g/mol. The molecule has 3 heteroatoms. The van der Waals surface area contributed by atoms with E-state index in [1.165, 1.54) is 67.7 Å². The van der Waals surface area contributed by atoms with Gasteiger partial charge in [-0.15, -0.1) is 0 Å². The van der Waals surface area contributed by atoms with Crippen LogP contribution in [0, 0.1) is 0 Å². The number of hydrogen-bond donors (Lipinski definition) is 0. The van der Waals surface area contributed by atoms with E-state index in [1.807, 2.05) is 52.0 Å². The summed E-state index contributed by atoms with van der Waals surface area (Å²) in [5, 5.41) is 2.41. The predicted octanol–water partition coefficient (Wildman–Crippen LogP) is 16.2. The van der Waals surface area contributed by atoms with E-state index in [0.29, 0.717) is 0 Å². The maximum Gasteiger partial charge on any atom is 0.159 e. The summed E-state index contributed by atoms with van der Waals surface area (Å²) >= 11 is 0. The van der Waals surface area contributed by atoms with Gasteiger partial charge in [-0.3, -0.25) is 0 Å². The molecule has 0 aliphatic heterocycles. The summed E-state index contributed by atoms with van der Waals surface area (Å²) in [6.07, 6.45) is 39.2. The van der Waals surface area contributed by atoms with Crippen molar-refractivity contribution in [1.29, 1.82) is 0 Å². The van der Waals surface area contributed by atoms with E-state index in [4.69, 9.17) is 4.42 Å². The minimum absolute atomic E-state index is 0.175. The summed E-state index contributed by atoms with van der Waals surface area (Å²) in [7, 11) is 0. The number of fused-ring (bicyclic) bond motifs is 5. The second-order valence-electron chi connectivity index (χ2n) is 14.9. The maximum atomic E-state index is 6.61. The number of allylic oxidation sites excluding steroid dienone is 17. The van der Waals surface area contributed by atoms with Crippen molar-refractivity contribution in [1.82, 2.24) is 4.57 Å². The van der Waals surface area contributed by atoms with Crippen molar-refractivity contribution < 1.29 is 4.42 Å². The molecule has 0 saturated heterocycles. The SMILES string of the molecule is C=C/C=C(C=C)/C(=C/C=C(\C)N(c1ccc(-n2c3c(c4ccc5c(CC)c(C=C)oc5c42)C=CCC3)cc1)C1C=CC(C2=CC3=C(CCC=C3)C2)=CC1)CC.CC.CC. The molecular weight excluding hydrogens is 717 g/mol. The third-order valence-electron chi connectivity index (χ3n) is 11.8. The number of aromatic nitrogens is 1. The third kappa shape index (κ3) is 8.39. The zero-order chi connectivity index (χ0) is 42.1. The van der Waals surface area contributed by atoms with Crippen molar-refractivity contribution in [3.63, 3.8) is 0 Å². The summed E-state index contributed by atoms with van der Waals surface area (Å²) in [5.74, 6) is 0.870. The standard InChI is InChI=1S/C52H52N2O.2C2H6/c1-7-16-36(8-2)37(9-3)22-21-35(6)53(42-25-23-38(24-26-42)41-33-39-17-12-13-18-40(39)34-41)43-27-29-44(30-28-43)54-49-20-15-14-19-46(49)47-31-32-48-45(10-4)50(11-5)55-52(48)51(47)54;2*1-2/h7-8,11-12,14,16-17,19,21-25,27-33,42H,1-2,5,9-10,13,15,18,20,26,34H2,3-4,6H3;2*1-2H3/b35-21+,36-16+,37-22+;;. The number of aryl methyl sites for hydroxylation is 1. The van der Waals surface area contributed by atoms with E-state index in [-0.39, 0.29) is 6.04 Å². The van der Waals surface area contributed by atoms with E-state index in [2.05, 4.69) is 147 Å². The van der Waals surface area contributed by atoms with Gasteiger partial charge < -0.3 is 13.9 Å². The van der Waals surface area contributed by atoms with Gasteiger partial charge in [-0.2, -0.15) is 0 Å². The molecule has 4 aliphatic carbocycles. The van der Waals surface area contributed by atoms with Gasteiger partial charge in [0.25, 0.3) is 0 Å². The smallest absolute Gasteiger partial charge is 0.159 e. The van der Waals surface area contributed by atoms with Crippen LogP contribution in [-0.4, -0.2) is 10.6 Å². The summed E-state index contributed by atoms with van der Waals surface area (Å²) < 4.78 is 9.07. The number of hydrogen-bond acceptors (Lipinski definition) is 2. The van der Waals surface area contributed by atoms with Crippen LogP contribution in [0.15, 0.2) is 173 Å². The quantitative estimate of drug-likeness (QED) is 0.134. The van der Waals surface area contributed by atoms with Crippen molar-refractivity contribution >= 4 is 39.7 Å². The van der Waals surface area contributed by atoms with Gasteiger partial charge in [-0.1, -0.05) is 152 Å². The first-order chi connectivity index (χ1) is 29.0. The molecule has 1 unspecified atom stereocenters. The Bertz CT molecular complexity index is 2500. The Labute approximate surface area is 354 Å². The molecule has 0 spiro atoms. The average Bonchev–Trinajstić information content (AvgIpc) is 4.00. The van der Waals surface area contributed by atoms with Crippen LogP contribution in [0.3, 0.4) is 0 Å². The molecule has 2 aromatic carbocycles. The molecule has 3 nitrogen and oxygen atoms in total. The molecule has 59 heavy (non-hydrogen) atoms.